The van der Waals surface area contributed by atoms with E-state index in [-0.39, 0.29) is 11.1 Å². The molecule has 3 rings (SSSR count). The van der Waals surface area contributed by atoms with Crippen LogP contribution in [0.1, 0.15) is 57.8 Å². The van der Waals surface area contributed by atoms with Crippen LogP contribution in [0.2, 0.25) is 0 Å². The summed E-state index contributed by atoms with van der Waals surface area (Å²) in [6, 6.07) is 4.64. The lowest BCUT2D eigenvalue weighted by Crippen LogP contribution is -2.62. The van der Waals surface area contributed by atoms with E-state index in [4.69, 9.17) is 4.42 Å². The molecule has 0 saturated carbocycles. The Hall–Kier alpha value is -1.59. The Morgan fingerprint density at radius 1 is 1.20 bits per heavy atom. The molecule has 1 aliphatic heterocycles. The molecule has 1 aliphatic rings. The molecule has 0 aromatic carbocycles. The molecule has 0 aliphatic carbocycles. The van der Waals surface area contributed by atoms with Crippen LogP contribution >= 0.6 is 0 Å². The van der Waals surface area contributed by atoms with E-state index in [1.165, 1.54) is 5.69 Å². The van der Waals surface area contributed by atoms with Gasteiger partial charge in [-0.15, -0.1) is 0 Å². The van der Waals surface area contributed by atoms with Crippen LogP contribution in [0.5, 0.6) is 0 Å². The van der Waals surface area contributed by atoms with E-state index in [9.17, 15) is 0 Å². The molecular formula is C20H32N4O. The van der Waals surface area contributed by atoms with E-state index in [1.807, 2.05) is 25.5 Å². The summed E-state index contributed by atoms with van der Waals surface area (Å²) < 4.78 is 7.99. The monoisotopic (exact) mass is 344 g/mol. The number of piperidine rings is 1. The summed E-state index contributed by atoms with van der Waals surface area (Å²) >= 11 is 0. The van der Waals surface area contributed by atoms with Crippen LogP contribution in [0.15, 0.2) is 29.1 Å². The largest absolute Gasteiger partial charge is 0.465 e. The topological polar surface area (TPSA) is 46.2 Å². The van der Waals surface area contributed by atoms with E-state index >= 15 is 0 Å². The molecule has 25 heavy (non-hydrogen) atoms. The lowest BCUT2D eigenvalue weighted by Gasteiger charge is -2.49. The number of aryl methyl sites for hydroxylation is 2. The highest BCUT2D eigenvalue weighted by molar-refractivity contribution is 5.08. The van der Waals surface area contributed by atoms with Gasteiger partial charge in [0.05, 0.1) is 18.6 Å². The summed E-state index contributed by atoms with van der Waals surface area (Å²) in [6.07, 6.45) is 6.08. The molecule has 0 atom stereocenters. The number of hydrogen-bond donors (Lipinski definition) is 1. The highest BCUT2D eigenvalue weighted by atomic mass is 16.3. The summed E-state index contributed by atoms with van der Waals surface area (Å²) in [7, 11) is 2.06. The molecule has 1 fully saturated rings. The maximum absolute atomic E-state index is 5.88. The van der Waals surface area contributed by atoms with Crippen molar-refractivity contribution in [2.24, 2.45) is 7.05 Å². The first-order chi connectivity index (χ1) is 11.6. The predicted molar refractivity (Wildman–Crippen MR) is 100 cm³/mol. The maximum Gasteiger partial charge on any atom is 0.118 e. The zero-order valence-corrected chi connectivity index (χ0v) is 16.5. The molecular weight excluding hydrogens is 312 g/mol. The highest BCUT2D eigenvalue weighted by Crippen LogP contribution is 2.33. The number of rotatable bonds is 5. The summed E-state index contributed by atoms with van der Waals surface area (Å²) in [4.78, 5) is 6.84. The zero-order chi connectivity index (χ0) is 18.2. The molecule has 0 bridgehead atoms. The standard InChI is InChI=1S/C20H32N4O/c1-15-7-8-18(25-15)13-24(12-17-11-21-14-23(17)6)16-9-19(2,3)22-20(4,5)10-16/h7-8,11,14,16,22H,9-10,12-13H2,1-6H3. The van der Waals surface area contributed by atoms with Crippen LogP contribution < -0.4 is 5.32 Å². The molecule has 0 spiro atoms. The number of imidazole rings is 1. The van der Waals surface area contributed by atoms with Crippen molar-refractivity contribution < 1.29 is 4.42 Å². The molecule has 5 heteroatoms. The Morgan fingerprint density at radius 2 is 1.88 bits per heavy atom. The number of aromatic nitrogens is 2. The molecule has 0 amide bonds. The third kappa shape index (κ3) is 4.53. The fourth-order valence-corrected chi connectivity index (χ4v) is 4.36. The fourth-order valence-electron chi connectivity index (χ4n) is 4.36. The minimum absolute atomic E-state index is 0.121. The third-order valence-corrected chi connectivity index (χ3v) is 5.12. The molecule has 5 nitrogen and oxygen atoms in total. The quantitative estimate of drug-likeness (QED) is 0.900. The van der Waals surface area contributed by atoms with E-state index in [1.54, 1.807) is 0 Å². The van der Waals surface area contributed by atoms with E-state index in [2.05, 4.69) is 60.6 Å². The third-order valence-electron chi connectivity index (χ3n) is 5.12. The summed E-state index contributed by atoms with van der Waals surface area (Å²) in [5.74, 6) is 2.01. The second-order valence-electron chi connectivity index (χ2n) is 8.87. The van der Waals surface area contributed by atoms with Gasteiger partial charge >= 0.3 is 0 Å². The first kappa shape index (κ1) is 18.2. The number of furan rings is 1. The van der Waals surface area contributed by atoms with Crippen molar-refractivity contribution in [2.75, 3.05) is 0 Å². The summed E-state index contributed by atoms with van der Waals surface area (Å²) in [5.41, 5.74) is 1.48. The van der Waals surface area contributed by atoms with Crippen molar-refractivity contribution in [1.29, 1.82) is 0 Å². The van der Waals surface area contributed by atoms with E-state index < -0.39 is 0 Å². The average Bonchev–Trinajstić information content (AvgIpc) is 3.04. The van der Waals surface area contributed by atoms with Gasteiger partial charge in [-0.2, -0.15) is 0 Å². The normalized spacial score (nSPS) is 20.3. The number of nitrogens with one attached hydrogen (secondary N) is 1. The Labute approximate surface area is 151 Å². The lowest BCUT2D eigenvalue weighted by atomic mass is 9.79. The predicted octanol–water partition coefficient (Wildman–Crippen LogP) is 3.63. The molecule has 0 unspecified atom stereocenters. The van der Waals surface area contributed by atoms with Gasteiger partial charge in [-0.25, -0.2) is 4.98 Å². The molecule has 138 valence electrons. The van der Waals surface area contributed by atoms with E-state index in [0.29, 0.717) is 6.04 Å². The van der Waals surface area contributed by atoms with Gasteiger partial charge < -0.3 is 14.3 Å². The Bertz CT molecular complexity index is 697. The Morgan fingerprint density at radius 3 is 2.40 bits per heavy atom. The van der Waals surface area contributed by atoms with Crippen molar-refractivity contribution in [3.05, 3.63) is 41.9 Å². The van der Waals surface area contributed by atoms with Crippen molar-refractivity contribution in [3.63, 3.8) is 0 Å². The minimum atomic E-state index is 0.121. The van der Waals surface area contributed by atoms with Gasteiger partial charge in [-0.3, -0.25) is 4.90 Å². The van der Waals surface area contributed by atoms with Crippen LogP contribution in [0.4, 0.5) is 0 Å². The zero-order valence-electron chi connectivity index (χ0n) is 16.5. The second kappa shape index (κ2) is 6.61. The number of nitrogens with zero attached hydrogens (tertiary/aromatic N) is 3. The second-order valence-corrected chi connectivity index (χ2v) is 8.87. The first-order valence-electron chi connectivity index (χ1n) is 9.17. The van der Waals surface area contributed by atoms with E-state index in [0.717, 1.165) is 37.5 Å². The van der Waals surface area contributed by atoms with Crippen LogP contribution in [0.3, 0.4) is 0 Å². The van der Waals surface area contributed by atoms with Gasteiger partial charge in [-0.05, 0) is 59.6 Å². The Kier molecular flexibility index (Phi) is 4.82. The van der Waals surface area contributed by atoms with Crippen LogP contribution in [-0.4, -0.2) is 31.6 Å². The van der Waals surface area contributed by atoms with Crippen LogP contribution in [0.25, 0.3) is 0 Å². The van der Waals surface area contributed by atoms with Crippen LogP contribution in [-0.2, 0) is 20.1 Å². The van der Waals surface area contributed by atoms with Gasteiger partial charge in [0.1, 0.15) is 11.5 Å². The maximum atomic E-state index is 5.88. The smallest absolute Gasteiger partial charge is 0.118 e. The molecule has 1 N–H and O–H groups in total. The SMILES string of the molecule is Cc1ccc(CN(Cc2cncn2C)C2CC(C)(C)NC(C)(C)C2)o1. The number of hydrogen-bond acceptors (Lipinski definition) is 4. The van der Waals surface area contributed by atoms with Gasteiger partial charge in [-0.1, -0.05) is 0 Å². The molecule has 2 aromatic rings. The van der Waals surface area contributed by atoms with Crippen molar-refractivity contribution >= 4 is 0 Å². The fraction of sp³-hybridized carbons (Fsp3) is 0.650. The first-order valence-corrected chi connectivity index (χ1v) is 9.17. The summed E-state index contributed by atoms with van der Waals surface area (Å²) in [5, 5.41) is 3.79. The van der Waals surface area contributed by atoms with Crippen LogP contribution in [0, 0.1) is 6.92 Å². The minimum Gasteiger partial charge on any atom is -0.465 e. The lowest BCUT2D eigenvalue weighted by molar-refractivity contribution is 0.0508. The molecule has 3 heterocycles. The van der Waals surface area contributed by atoms with Gasteiger partial charge in [0, 0.05) is 36.9 Å². The highest BCUT2D eigenvalue weighted by Gasteiger charge is 2.40. The van der Waals surface area contributed by atoms with Crippen molar-refractivity contribution in [1.82, 2.24) is 19.8 Å². The molecule has 0 radical (unpaired) electrons. The Balaban J connectivity index is 1.85. The van der Waals surface area contributed by atoms with Gasteiger partial charge in [0.15, 0.2) is 0 Å². The molecule has 2 aromatic heterocycles. The van der Waals surface area contributed by atoms with Crippen molar-refractivity contribution in [2.45, 2.75) is 77.7 Å². The van der Waals surface area contributed by atoms with Gasteiger partial charge in [0.25, 0.3) is 0 Å². The molecule has 1 saturated heterocycles. The average molecular weight is 345 g/mol. The van der Waals surface area contributed by atoms with Gasteiger partial charge in [0.2, 0.25) is 0 Å². The summed E-state index contributed by atoms with van der Waals surface area (Å²) in [6.45, 7) is 12.9. The van der Waals surface area contributed by atoms with Crippen molar-refractivity contribution in [3.8, 4) is 0 Å².